The molecule has 0 aromatic heterocycles. The van der Waals surface area contributed by atoms with E-state index >= 15 is 0 Å². The van der Waals surface area contributed by atoms with E-state index in [2.05, 4.69) is 11.9 Å². The fourth-order valence-electron chi connectivity index (χ4n) is 0.812. The molecule has 0 atom stereocenters. The Morgan fingerprint density at radius 2 is 2.44 bits per heavy atom. The fourth-order valence-corrected chi connectivity index (χ4v) is 0.812. The van der Waals surface area contributed by atoms with Gasteiger partial charge in [0, 0.05) is 12.1 Å². The van der Waals surface area contributed by atoms with Crippen LogP contribution in [0.4, 0.5) is 0 Å². The zero-order valence-electron chi connectivity index (χ0n) is 5.40. The third kappa shape index (κ3) is 0.875. The number of carbonyl (C=O) groups is 1. The van der Waals surface area contributed by atoms with Crippen LogP contribution in [0.15, 0.2) is 23.8 Å². The SMILES string of the molecule is C=CC1=C(C)C(=O)NC1. The maximum atomic E-state index is 10.7. The minimum Gasteiger partial charge on any atom is -0.348 e. The Morgan fingerprint density at radius 1 is 1.78 bits per heavy atom. The first-order chi connectivity index (χ1) is 4.25. The molecule has 1 heterocycles. The lowest BCUT2D eigenvalue weighted by Crippen LogP contribution is -2.16. The van der Waals surface area contributed by atoms with Crippen molar-refractivity contribution in [1.82, 2.24) is 5.32 Å². The van der Waals surface area contributed by atoms with E-state index in [1.54, 1.807) is 13.0 Å². The van der Waals surface area contributed by atoms with Crippen LogP contribution in [0.25, 0.3) is 0 Å². The van der Waals surface area contributed by atoms with Crippen LogP contribution in [0.1, 0.15) is 6.92 Å². The van der Waals surface area contributed by atoms with Gasteiger partial charge in [-0.05, 0) is 12.5 Å². The van der Waals surface area contributed by atoms with Gasteiger partial charge in [0.25, 0.3) is 0 Å². The van der Waals surface area contributed by atoms with E-state index in [0.29, 0.717) is 6.54 Å². The van der Waals surface area contributed by atoms with Gasteiger partial charge in [0.15, 0.2) is 0 Å². The molecule has 1 aliphatic rings. The first-order valence-electron chi connectivity index (χ1n) is 2.86. The minimum atomic E-state index is 0.0323. The summed E-state index contributed by atoms with van der Waals surface area (Å²) >= 11 is 0. The summed E-state index contributed by atoms with van der Waals surface area (Å²) in [4.78, 5) is 10.7. The molecule has 0 saturated heterocycles. The van der Waals surface area contributed by atoms with Crippen molar-refractivity contribution in [3.05, 3.63) is 23.8 Å². The number of nitrogens with one attached hydrogen (secondary N) is 1. The molecule has 0 aliphatic carbocycles. The second kappa shape index (κ2) is 2.05. The molecule has 2 heteroatoms. The maximum Gasteiger partial charge on any atom is 0.247 e. The monoisotopic (exact) mass is 123 g/mol. The predicted octanol–water partition coefficient (Wildman–Crippen LogP) is 0.619. The molecule has 0 unspecified atom stereocenters. The summed E-state index contributed by atoms with van der Waals surface area (Å²) in [5.74, 6) is 0.0323. The Kier molecular flexibility index (Phi) is 1.39. The average molecular weight is 123 g/mol. The molecule has 1 aliphatic heterocycles. The highest BCUT2D eigenvalue weighted by Gasteiger charge is 2.14. The van der Waals surface area contributed by atoms with Crippen molar-refractivity contribution in [1.29, 1.82) is 0 Å². The number of amides is 1. The fraction of sp³-hybridized carbons (Fsp3) is 0.286. The molecular weight excluding hydrogens is 114 g/mol. The molecule has 1 amide bonds. The smallest absolute Gasteiger partial charge is 0.247 e. The topological polar surface area (TPSA) is 29.1 Å². The van der Waals surface area contributed by atoms with E-state index in [0.717, 1.165) is 11.1 Å². The largest absolute Gasteiger partial charge is 0.348 e. The molecule has 0 radical (unpaired) electrons. The van der Waals surface area contributed by atoms with E-state index < -0.39 is 0 Å². The number of hydrogen-bond donors (Lipinski definition) is 1. The van der Waals surface area contributed by atoms with Gasteiger partial charge in [0.05, 0.1) is 0 Å². The van der Waals surface area contributed by atoms with Crippen molar-refractivity contribution >= 4 is 5.91 Å². The summed E-state index contributed by atoms with van der Waals surface area (Å²) in [7, 11) is 0. The quantitative estimate of drug-likeness (QED) is 0.544. The third-order valence-electron chi connectivity index (χ3n) is 1.51. The molecule has 1 rings (SSSR count). The molecule has 0 aromatic carbocycles. The summed E-state index contributed by atoms with van der Waals surface area (Å²) in [6.45, 7) is 6.03. The lowest BCUT2D eigenvalue weighted by molar-refractivity contribution is -0.116. The second-order valence-electron chi connectivity index (χ2n) is 2.04. The van der Waals surface area contributed by atoms with Crippen LogP contribution in [0, 0.1) is 0 Å². The van der Waals surface area contributed by atoms with Gasteiger partial charge in [-0.1, -0.05) is 12.7 Å². The van der Waals surface area contributed by atoms with Crippen molar-refractivity contribution in [2.75, 3.05) is 6.54 Å². The van der Waals surface area contributed by atoms with Crippen molar-refractivity contribution in [2.24, 2.45) is 0 Å². The standard InChI is InChI=1S/C7H9NO/c1-3-6-4-8-7(9)5(6)2/h3H,1,4H2,2H3,(H,8,9). The molecule has 2 nitrogen and oxygen atoms in total. The van der Waals surface area contributed by atoms with Crippen LogP contribution >= 0.6 is 0 Å². The minimum absolute atomic E-state index is 0.0323. The Bertz CT molecular complexity index is 191. The van der Waals surface area contributed by atoms with E-state index in [9.17, 15) is 4.79 Å². The summed E-state index contributed by atoms with van der Waals surface area (Å²) in [6, 6.07) is 0. The highest BCUT2D eigenvalue weighted by Crippen LogP contribution is 2.09. The average Bonchev–Trinajstić information content (AvgIpc) is 2.15. The molecular formula is C7H9NO. The molecule has 48 valence electrons. The molecule has 1 N–H and O–H groups in total. The Balaban J connectivity index is 2.92. The zero-order valence-corrected chi connectivity index (χ0v) is 5.40. The predicted molar refractivity (Wildman–Crippen MR) is 35.9 cm³/mol. The van der Waals surface area contributed by atoms with Gasteiger partial charge in [-0.15, -0.1) is 0 Å². The van der Waals surface area contributed by atoms with Crippen LogP contribution in [0.2, 0.25) is 0 Å². The molecule has 0 bridgehead atoms. The third-order valence-corrected chi connectivity index (χ3v) is 1.51. The summed E-state index contributed by atoms with van der Waals surface area (Å²) in [5, 5.41) is 2.69. The highest BCUT2D eigenvalue weighted by atomic mass is 16.1. The van der Waals surface area contributed by atoms with Gasteiger partial charge in [-0.25, -0.2) is 0 Å². The van der Waals surface area contributed by atoms with Crippen LogP contribution in [-0.2, 0) is 4.79 Å². The Morgan fingerprint density at radius 3 is 2.67 bits per heavy atom. The van der Waals surface area contributed by atoms with E-state index in [1.807, 2.05) is 0 Å². The second-order valence-corrected chi connectivity index (χ2v) is 2.04. The highest BCUT2D eigenvalue weighted by molar-refractivity contribution is 5.96. The van der Waals surface area contributed by atoms with Crippen LogP contribution < -0.4 is 5.32 Å². The van der Waals surface area contributed by atoms with Crippen molar-refractivity contribution in [3.8, 4) is 0 Å². The lowest BCUT2D eigenvalue weighted by Gasteiger charge is -1.86. The first kappa shape index (κ1) is 6.08. The molecule has 0 saturated carbocycles. The summed E-state index contributed by atoms with van der Waals surface area (Å²) in [6.07, 6.45) is 1.72. The number of hydrogen-bond acceptors (Lipinski definition) is 1. The maximum absolute atomic E-state index is 10.7. The molecule has 0 spiro atoms. The van der Waals surface area contributed by atoms with Crippen molar-refractivity contribution in [2.45, 2.75) is 6.92 Å². The van der Waals surface area contributed by atoms with Crippen molar-refractivity contribution in [3.63, 3.8) is 0 Å². The Hall–Kier alpha value is -1.05. The first-order valence-corrected chi connectivity index (χ1v) is 2.86. The Labute approximate surface area is 54.3 Å². The van der Waals surface area contributed by atoms with Crippen molar-refractivity contribution < 1.29 is 4.79 Å². The van der Waals surface area contributed by atoms with E-state index in [1.165, 1.54) is 0 Å². The van der Waals surface area contributed by atoms with Crippen LogP contribution in [-0.4, -0.2) is 12.5 Å². The van der Waals surface area contributed by atoms with E-state index in [-0.39, 0.29) is 5.91 Å². The van der Waals surface area contributed by atoms with Gasteiger partial charge in [0.2, 0.25) is 5.91 Å². The normalized spacial score (nSPS) is 18.1. The zero-order chi connectivity index (χ0) is 6.85. The summed E-state index contributed by atoms with van der Waals surface area (Å²) in [5.41, 5.74) is 1.81. The number of carbonyl (C=O) groups excluding carboxylic acids is 1. The van der Waals surface area contributed by atoms with Gasteiger partial charge in [-0.2, -0.15) is 0 Å². The molecule has 0 fully saturated rings. The number of rotatable bonds is 1. The van der Waals surface area contributed by atoms with Gasteiger partial charge >= 0.3 is 0 Å². The van der Waals surface area contributed by atoms with Gasteiger partial charge in [0.1, 0.15) is 0 Å². The van der Waals surface area contributed by atoms with Gasteiger partial charge < -0.3 is 5.32 Å². The van der Waals surface area contributed by atoms with Gasteiger partial charge in [-0.3, -0.25) is 4.79 Å². The van der Waals surface area contributed by atoms with Crippen LogP contribution in [0.3, 0.4) is 0 Å². The molecule has 9 heavy (non-hydrogen) atoms. The van der Waals surface area contributed by atoms with Crippen LogP contribution in [0.5, 0.6) is 0 Å². The lowest BCUT2D eigenvalue weighted by atomic mass is 10.2. The van der Waals surface area contributed by atoms with E-state index in [4.69, 9.17) is 0 Å². The summed E-state index contributed by atoms with van der Waals surface area (Å²) < 4.78 is 0. The molecule has 0 aromatic rings.